The topological polar surface area (TPSA) is 82.0 Å². The lowest BCUT2D eigenvalue weighted by Gasteiger charge is -2.03. The minimum atomic E-state index is -3.02. The number of halogens is 3. The van der Waals surface area contributed by atoms with Crippen LogP contribution in [0, 0.1) is 10.1 Å². The van der Waals surface area contributed by atoms with E-state index in [-0.39, 0.29) is 10.3 Å². The first kappa shape index (κ1) is 10.8. The number of nitro groups is 1. The van der Waals surface area contributed by atoms with Gasteiger partial charge in [0, 0.05) is 6.07 Å². The molecule has 0 unspecified atom stereocenters. The third-order valence-electron chi connectivity index (χ3n) is 1.41. The van der Waals surface area contributed by atoms with Gasteiger partial charge >= 0.3 is 0 Å². The fraction of sp³-hybridized carbons (Fsp3) is 0.167. The minimum Gasteiger partial charge on any atom is -0.383 e. The average molecular weight is 268 g/mol. The summed E-state index contributed by atoms with van der Waals surface area (Å²) in [5.41, 5.74) is 3.54. The van der Waals surface area contributed by atoms with E-state index >= 15 is 0 Å². The molecule has 0 amide bonds. The number of rotatable bonds is 2. The van der Waals surface area contributed by atoms with Gasteiger partial charge in [0.15, 0.2) is 5.69 Å². The summed E-state index contributed by atoms with van der Waals surface area (Å²) in [6.07, 6.45) is -3.02. The highest BCUT2D eigenvalue weighted by atomic mass is 79.9. The Morgan fingerprint density at radius 2 is 2.21 bits per heavy atom. The van der Waals surface area contributed by atoms with Crippen LogP contribution in [0.25, 0.3) is 0 Å². The van der Waals surface area contributed by atoms with E-state index in [0.717, 1.165) is 6.07 Å². The zero-order valence-electron chi connectivity index (χ0n) is 6.58. The van der Waals surface area contributed by atoms with Gasteiger partial charge in [0.05, 0.1) is 9.40 Å². The molecule has 1 aromatic rings. The highest BCUT2D eigenvalue weighted by Crippen LogP contribution is 2.31. The van der Waals surface area contributed by atoms with Gasteiger partial charge in [0.2, 0.25) is 0 Å². The number of hydrogen-bond donors (Lipinski definition) is 1. The quantitative estimate of drug-likeness (QED) is 0.658. The lowest BCUT2D eigenvalue weighted by Crippen LogP contribution is -2.03. The van der Waals surface area contributed by atoms with E-state index < -0.39 is 22.7 Å². The van der Waals surface area contributed by atoms with Crippen molar-refractivity contribution in [3.63, 3.8) is 0 Å². The molecule has 1 rings (SSSR count). The van der Waals surface area contributed by atoms with E-state index in [1.54, 1.807) is 0 Å². The van der Waals surface area contributed by atoms with E-state index in [0.29, 0.717) is 0 Å². The number of nitrogen functional groups attached to an aromatic ring is 1. The summed E-state index contributed by atoms with van der Waals surface area (Å²) >= 11 is 2.86. The van der Waals surface area contributed by atoms with Gasteiger partial charge in [-0.1, -0.05) is 0 Å². The number of aromatic nitrogens is 1. The molecule has 5 nitrogen and oxygen atoms in total. The van der Waals surface area contributed by atoms with Crippen molar-refractivity contribution < 1.29 is 13.7 Å². The Hall–Kier alpha value is -1.31. The summed E-state index contributed by atoms with van der Waals surface area (Å²) in [5, 5.41) is 10.4. The third kappa shape index (κ3) is 1.95. The van der Waals surface area contributed by atoms with Crippen LogP contribution < -0.4 is 5.73 Å². The molecule has 8 heteroatoms. The van der Waals surface area contributed by atoms with Gasteiger partial charge in [-0.3, -0.25) is 10.1 Å². The molecule has 2 N–H and O–H groups in total. The number of pyridine rings is 1. The zero-order chi connectivity index (χ0) is 10.9. The standard InChI is InChI=1S/C6H4BrF2N3O2/c7-2-1-3(12(13)14)4(5(8)9)11-6(2)10/h1,5H,(H2,10,11). The number of nitrogens with zero attached hydrogens (tertiary/aromatic N) is 2. The van der Waals surface area contributed by atoms with E-state index in [4.69, 9.17) is 5.73 Å². The maximum Gasteiger partial charge on any atom is 0.297 e. The predicted octanol–water partition coefficient (Wildman–Crippen LogP) is 2.27. The van der Waals surface area contributed by atoms with Crippen LogP contribution in [0.1, 0.15) is 12.1 Å². The van der Waals surface area contributed by atoms with Crippen molar-refractivity contribution in [1.82, 2.24) is 4.98 Å². The molecule has 1 aromatic heterocycles. The summed E-state index contributed by atoms with van der Waals surface area (Å²) < 4.78 is 24.6. The van der Waals surface area contributed by atoms with Gasteiger partial charge < -0.3 is 5.73 Å². The lowest BCUT2D eigenvalue weighted by atomic mass is 10.3. The Kier molecular flexibility index (Phi) is 2.94. The van der Waals surface area contributed by atoms with E-state index in [1.807, 2.05) is 0 Å². The second-order valence-corrected chi connectivity index (χ2v) is 3.17. The molecule has 0 saturated heterocycles. The molecule has 1 heterocycles. The number of alkyl halides is 2. The van der Waals surface area contributed by atoms with Crippen LogP contribution >= 0.6 is 15.9 Å². The van der Waals surface area contributed by atoms with Crippen molar-refractivity contribution in [3.8, 4) is 0 Å². The van der Waals surface area contributed by atoms with Crippen molar-refractivity contribution in [3.05, 3.63) is 26.3 Å². The molecular weight excluding hydrogens is 264 g/mol. The van der Waals surface area contributed by atoms with Crippen molar-refractivity contribution in [2.24, 2.45) is 0 Å². The van der Waals surface area contributed by atoms with Gasteiger partial charge in [-0.05, 0) is 15.9 Å². The van der Waals surface area contributed by atoms with Gasteiger partial charge in [-0.2, -0.15) is 0 Å². The first-order valence-electron chi connectivity index (χ1n) is 3.32. The molecule has 0 fully saturated rings. The fourth-order valence-electron chi connectivity index (χ4n) is 0.815. The molecule has 0 bridgehead atoms. The van der Waals surface area contributed by atoms with Crippen LogP contribution in [-0.2, 0) is 0 Å². The maximum atomic E-state index is 12.3. The summed E-state index contributed by atoms with van der Waals surface area (Å²) in [4.78, 5) is 12.7. The molecule has 76 valence electrons. The zero-order valence-corrected chi connectivity index (χ0v) is 8.16. The van der Waals surface area contributed by atoms with E-state index in [2.05, 4.69) is 20.9 Å². The monoisotopic (exact) mass is 267 g/mol. The number of nitrogens with two attached hydrogens (primary N) is 1. The van der Waals surface area contributed by atoms with Gasteiger partial charge in [-0.25, -0.2) is 13.8 Å². The molecule has 0 aliphatic heterocycles. The summed E-state index contributed by atoms with van der Waals surface area (Å²) in [6, 6.07) is 0.907. The third-order valence-corrected chi connectivity index (χ3v) is 2.05. The van der Waals surface area contributed by atoms with Crippen LogP contribution in [0.15, 0.2) is 10.5 Å². The first-order valence-corrected chi connectivity index (χ1v) is 4.11. The molecular formula is C6H4BrF2N3O2. The summed E-state index contributed by atoms with van der Waals surface area (Å²) in [7, 11) is 0. The highest BCUT2D eigenvalue weighted by molar-refractivity contribution is 9.10. The SMILES string of the molecule is Nc1nc(C(F)F)c([N+](=O)[O-])cc1Br. The number of hydrogen-bond acceptors (Lipinski definition) is 4. The smallest absolute Gasteiger partial charge is 0.297 e. The second kappa shape index (κ2) is 3.82. The van der Waals surface area contributed by atoms with Crippen LogP contribution in [0.3, 0.4) is 0 Å². The Bertz CT molecular complexity index is 386. The predicted molar refractivity (Wildman–Crippen MR) is 48.0 cm³/mol. The molecule has 0 spiro atoms. The summed E-state index contributed by atoms with van der Waals surface area (Å²) in [5.74, 6) is -0.203. The normalized spacial score (nSPS) is 10.6. The molecule has 0 atom stereocenters. The maximum absolute atomic E-state index is 12.3. The molecule has 0 radical (unpaired) electrons. The molecule has 14 heavy (non-hydrogen) atoms. The van der Waals surface area contributed by atoms with Gasteiger partial charge in [0.25, 0.3) is 12.1 Å². The van der Waals surface area contributed by atoms with Crippen LogP contribution in [0.4, 0.5) is 20.3 Å². The first-order chi connectivity index (χ1) is 6.43. The van der Waals surface area contributed by atoms with E-state index in [1.165, 1.54) is 0 Å². The van der Waals surface area contributed by atoms with Crippen LogP contribution in [0.2, 0.25) is 0 Å². The van der Waals surface area contributed by atoms with Crippen molar-refractivity contribution >= 4 is 27.4 Å². The number of anilines is 1. The van der Waals surface area contributed by atoms with Gasteiger partial charge in [0.1, 0.15) is 5.82 Å². The fourth-order valence-corrected chi connectivity index (χ4v) is 1.12. The Morgan fingerprint density at radius 1 is 1.64 bits per heavy atom. The summed E-state index contributed by atoms with van der Waals surface area (Å²) in [6.45, 7) is 0. The van der Waals surface area contributed by atoms with Gasteiger partial charge in [-0.15, -0.1) is 0 Å². The molecule has 0 aromatic carbocycles. The van der Waals surface area contributed by atoms with Crippen molar-refractivity contribution in [1.29, 1.82) is 0 Å². The Morgan fingerprint density at radius 3 is 2.64 bits per heavy atom. The average Bonchev–Trinajstić information content (AvgIpc) is 2.08. The minimum absolute atomic E-state index is 0.119. The Balaban J connectivity index is 3.39. The molecule has 0 aliphatic rings. The second-order valence-electron chi connectivity index (χ2n) is 2.32. The molecule has 0 saturated carbocycles. The Labute approximate surface area is 85.2 Å². The van der Waals surface area contributed by atoms with Crippen LogP contribution in [-0.4, -0.2) is 9.91 Å². The largest absolute Gasteiger partial charge is 0.383 e. The lowest BCUT2D eigenvalue weighted by molar-refractivity contribution is -0.386. The van der Waals surface area contributed by atoms with E-state index in [9.17, 15) is 18.9 Å². The van der Waals surface area contributed by atoms with Crippen LogP contribution in [0.5, 0.6) is 0 Å². The van der Waals surface area contributed by atoms with Crippen molar-refractivity contribution in [2.75, 3.05) is 5.73 Å². The molecule has 0 aliphatic carbocycles. The highest BCUT2D eigenvalue weighted by Gasteiger charge is 2.25. The van der Waals surface area contributed by atoms with Crippen molar-refractivity contribution in [2.45, 2.75) is 6.43 Å².